The molecular formula is C19H42NO+. The molecule has 128 valence electrons. The topological polar surface area (TPSA) is 47.9 Å². The van der Waals surface area contributed by atoms with Crippen LogP contribution in [0, 0.1) is 0 Å². The summed E-state index contributed by atoms with van der Waals surface area (Å²) in [6.45, 7) is 4.28. The number of hydrogen-bond donors (Lipinski definition) is 2. The minimum absolute atomic E-state index is 0.173. The van der Waals surface area contributed by atoms with Gasteiger partial charge in [-0.3, -0.25) is 0 Å². The van der Waals surface area contributed by atoms with Gasteiger partial charge in [0.25, 0.3) is 0 Å². The Hall–Kier alpha value is -0.0800. The molecule has 0 saturated carbocycles. The van der Waals surface area contributed by atoms with E-state index in [2.05, 4.69) is 12.7 Å². The summed E-state index contributed by atoms with van der Waals surface area (Å²) >= 11 is 0. The summed E-state index contributed by atoms with van der Waals surface area (Å²) in [6.07, 6.45) is 20.2. The highest BCUT2D eigenvalue weighted by atomic mass is 16.3. The predicted octanol–water partition coefficient (Wildman–Crippen LogP) is 4.85. The van der Waals surface area contributed by atoms with Gasteiger partial charge in [-0.15, -0.1) is 0 Å². The Morgan fingerprint density at radius 3 is 1.33 bits per heavy atom. The third-order valence-corrected chi connectivity index (χ3v) is 4.51. The van der Waals surface area contributed by atoms with Gasteiger partial charge in [0.15, 0.2) is 0 Å². The number of hydrogen-bond acceptors (Lipinski definition) is 1. The zero-order valence-electron chi connectivity index (χ0n) is 14.9. The molecule has 4 N–H and O–H groups in total. The van der Waals surface area contributed by atoms with E-state index in [0.29, 0.717) is 0 Å². The van der Waals surface area contributed by atoms with Crippen molar-refractivity contribution in [1.82, 2.24) is 0 Å². The highest BCUT2D eigenvalue weighted by Gasteiger charge is 2.11. The lowest BCUT2D eigenvalue weighted by Gasteiger charge is -2.11. The van der Waals surface area contributed by atoms with Crippen LogP contribution in [-0.2, 0) is 0 Å². The van der Waals surface area contributed by atoms with Crippen molar-refractivity contribution in [2.45, 2.75) is 122 Å². The van der Waals surface area contributed by atoms with Crippen molar-refractivity contribution in [3.63, 3.8) is 0 Å². The number of aliphatic hydroxyl groups is 1. The highest BCUT2D eigenvalue weighted by molar-refractivity contribution is 4.60. The molecule has 0 aromatic rings. The standard InChI is InChI=1S/C19H41NO/c1-3-4-5-6-7-8-9-10-11-12-13-14-15-16-17-19(21)18(2)20/h18-19,21H,3-17,20H2,1-2H3/p+1/t18-,19+/m0/s1. The Morgan fingerprint density at radius 2 is 1.00 bits per heavy atom. The lowest BCUT2D eigenvalue weighted by atomic mass is 10.0. The molecule has 2 nitrogen and oxygen atoms in total. The minimum atomic E-state index is -0.192. The Labute approximate surface area is 133 Å². The van der Waals surface area contributed by atoms with Gasteiger partial charge in [0.05, 0.1) is 0 Å². The molecule has 0 fully saturated rings. The second-order valence-corrected chi connectivity index (χ2v) is 6.93. The molecule has 0 rings (SSSR count). The maximum absolute atomic E-state index is 9.66. The molecule has 0 saturated heterocycles. The average Bonchev–Trinajstić information content (AvgIpc) is 2.47. The summed E-state index contributed by atoms with van der Waals surface area (Å²) in [5.74, 6) is 0. The molecular weight excluding hydrogens is 258 g/mol. The first-order valence-electron chi connectivity index (χ1n) is 9.69. The van der Waals surface area contributed by atoms with Crippen LogP contribution in [0.2, 0.25) is 0 Å². The van der Waals surface area contributed by atoms with Crippen molar-refractivity contribution in [3.8, 4) is 0 Å². The molecule has 0 amide bonds. The van der Waals surface area contributed by atoms with E-state index in [1.807, 2.05) is 6.92 Å². The third kappa shape index (κ3) is 16.1. The Bertz CT molecular complexity index is 194. The van der Waals surface area contributed by atoms with Crippen LogP contribution >= 0.6 is 0 Å². The molecule has 0 spiro atoms. The number of aliphatic hydroxyl groups excluding tert-OH is 1. The van der Waals surface area contributed by atoms with Crippen LogP contribution in [0.5, 0.6) is 0 Å². The Balaban J connectivity index is 3.03. The summed E-state index contributed by atoms with van der Waals surface area (Å²) in [7, 11) is 0. The Morgan fingerprint density at radius 1 is 0.667 bits per heavy atom. The average molecular weight is 301 g/mol. The monoisotopic (exact) mass is 300 g/mol. The molecule has 0 aliphatic heterocycles. The maximum atomic E-state index is 9.66. The third-order valence-electron chi connectivity index (χ3n) is 4.51. The Kier molecular flexibility index (Phi) is 16.2. The summed E-state index contributed by atoms with van der Waals surface area (Å²) in [5, 5.41) is 9.66. The molecule has 0 bridgehead atoms. The molecule has 0 heterocycles. The lowest BCUT2D eigenvalue weighted by molar-refractivity contribution is -0.432. The molecule has 0 aromatic carbocycles. The molecule has 2 atom stereocenters. The van der Waals surface area contributed by atoms with Crippen LogP contribution in [0.1, 0.15) is 110 Å². The van der Waals surface area contributed by atoms with Crippen LogP contribution in [0.15, 0.2) is 0 Å². The lowest BCUT2D eigenvalue weighted by Crippen LogP contribution is -2.64. The summed E-state index contributed by atoms with van der Waals surface area (Å²) in [5.41, 5.74) is 3.87. The first-order valence-corrected chi connectivity index (χ1v) is 9.69. The normalized spacial score (nSPS) is 14.3. The van der Waals surface area contributed by atoms with Gasteiger partial charge in [0, 0.05) is 0 Å². The van der Waals surface area contributed by atoms with Gasteiger partial charge in [-0.1, -0.05) is 96.8 Å². The number of unbranched alkanes of at least 4 members (excludes halogenated alkanes) is 13. The van der Waals surface area contributed by atoms with Crippen LogP contribution in [0.4, 0.5) is 0 Å². The van der Waals surface area contributed by atoms with E-state index in [0.717, 1.165) is 6.42 Å². The second kappa shape index (κ2) is 16.3. The fraction of sp³-hybridized carbons (Fsp3) is 1.00. The molecule has 0 aromatic heterocycles. The minimum Gasteiger partial charge on any atom is -0.387 e. The fourth-order valence-electron chi connectivity index (χ4n) is 2.83. The van der Waals surface area contributed by atoms with Gasteiger partial charge < -0.3 is 10.8 Å². The highest BCUT2D eigenvalue weighted by Crippen LogP contribution is 2.13. The fourth-order valence-corrected chi connectivity index (χ4v) is 2.83. The number of quaternary nitrogens is 1. The quantitative estimate of drug-likeness (QED) is 0.393. The van der Waals surface area contributed by atoms with Crippen molar-refractivity contribution in [2.24, 2.45) is 0 Å². The van der Waals surface area contributed by atoms with Crippen molar-refractivity contribution in [1.29, 1.82) is 0 Å². The molecule has 2 heteroatoms. The molecule has 0 aliphatic carbocycles. The van der Waals surface area contributed by atoms with Gasteiger partial charge in [0.2, 0.25) is 0 Å². The van der Waals surface area contributed by atoms with Crippen molar-refractivity contribution < 1.29 is 10.8 Å². The van der Waals surface area contributed by atoms with Gasteiger partial charge in [0.1, 0.15) is 12.1 Å². The predicted molar refractivity (Wildman–Crippen MR) is 93.3 cm³/mol. The summed E-state index contributed by atoms with van der Waals surface area (Å²) in [4.78, 5) is 0. The van der Waals surface area contributed by atoms with Gasteiger partial charge in [-0.2, -0.15) is 0 Å². The molecule has 0 unspecified atom stereocenters. The maximum Gasteiger partial charge on any atom is 0.108 e. The summed E-state index contributed by atoms with van der Waals surface area (Å²) in [6, 6.07) is 0.173. The zero-order valence-corrected chi connectivity index (χ0v) is 14.9. The van der Waals surface area contributed by atoms with Crippen LogP contribution in [0.3, 0.4) is 0 Å². The van der Waals surface area contributed by atoms with Crippen LogP contribution < -0.4 is 5.73 Å². The largest absolute Gasteiger partial charge is 0.387 e. The van der Waals surface area contributed by atoms with Crippen molar-refractivity contribution in [2.75, 3.05) is 0 Å². The van der Waals surface area contributed by atoms with Gasteiger partial charge in [-0.25, -0.2) is 0 Å². The van der Waals surface area contributed by atoms with E-state index >= 15 is 0 Å². The van der Waals surface area contributed by atoms with E-state index < -0.39 is 0 Å². The SMILES string of the molecule is CCCCCCCCCCCCCCCC[C@@H](O)[C@H](C)[NH3+]. The van der Waals surface area contributed by atoms with E-state index in [9.17, 15) is 5.11 Å². The first kappa shape index (κ1) is 20.9. The van der Waals surface area contributed by atoms with Crippen LogP contribution in [0.25, 0.3) is 0 Å². The number of rotatable bonds is 16. The van der Waals surface area contributed by atoms with E-state index in [1.165, 1.54) is 89.9 Å². The smallest absolute Gasteiger partial charge is 0.108 e. The second-order valence-electron chi connectivity index (χ2n) is 6.93. The molecule has 21 heavy (non-hydrogen) atoms. The van der Waals surface area contributed by atoms with Gasteiger partial charge in [-0.05, 0) is 13.3 Å². The van der Waals surface area contributed by atoms with Crippen LogP contribution in [-0.4, -0.2) is 17.3 Å². The summed E-state index contributed by atoms with van der Waals surface area (Å²) < 4.78 is 0. The van der Waals surface area contributed by atoms with Crippen molar-refractivity contribution >= 4 is 0 Å². The first-order chi connectivity index (χ1) is 10.2. The van der Waals surface area contributed by atoms with E-state index in [-0.39, 0.29) is 12.1 Å². The molecule has 0 aliphatic rings. The molecule has 0 radical (unpaired) electrons. The van der Waals surface area contributed by atoms with E-state index in [1.54, 1.807) is 0 Å². The zero-order chi connectivity index (χ0) is 15.8. The van der Waals surface area contributed by atoms with E-state index in [4.69, 9.17) is 0 Å². The van der Waals surface area contributed by atoms with Gasteiger partial charge >= 0.3 is 0 Å². The van der Waals surface area contributed by atoms with Crippen molar-refractivity contribution in [3.05, 3.63) is 0 Å².